The molecule has 1 rings (SSSR count). The summed E-state index contributed by atoms with van der Waals surface area (Å²) in [6.07, 6.45) is 0. The molecule has 114 valence electrons. The highest BCUT2D eigenvalue weighted by molar-refractivity contribution is 7.89. The summed E-state index contributed by atoms with van der Waals surface area (Å²) in [6.45, 7) is 1.74. The lowest BCUT2D eigenvalue weighted by Gasteiger charge is -2.14. The molecule has 0 aliphatic rings. The van der Waals surface area contributed by atoms with E-state index in [1.807, 2.05) is 0 Å². The lowest BCUT2D eigenvalue weighted by Crippen LogP contribution is -2.37. The van der Waals surface area contributed by atoms with Gasteiger partial charge in [-0.05, 0) is 13.0 Å². The average molecular weight is 326 g/mol. The molecule has 0 aliphatic heterocycles. The average Bonchev–Trinajstić information content (AvgIpc) is 2.37. The molecule has 10 heteroatoms. The Labute approximate surface area is 122 Å². The largest absolute Gasteiger partial charge is 0.495 e. The molecular formula is C10H16ClN3O5S. The summed E-state index contributed by atoms with van der Waals surface area (Å²) in [5, 5.41) is 10.6. The van der Waals surface area contributed by atoms with Crippen LogP contribution >= 0.6 is 12.4 Å². The quantitative estimate of drug-likeness (QED) is 0.584. The molecule has 0 aliphatic carbocycles. The molecule has 0 unspecified atom stereocenters. The molecule has 0 heterocycles. The van der Waals surface area contributed by atoms with Crippen molar-refractivity contribution in [1.82, 2.24) is 4.72 Å². The Hall–Kier alpha value is -1.42. The molecule has 0 spiro atoms. The van der Waals surface area contributed by atoms with Gasteiger partial charge in [0, 0.05) is 18.7 Å². The van der Waals surface area contributed by atoms with Crippen LogP contribution in [0.3, 0.4) is 0 Å². The van der Waals surface area contributed by atoms with E-state index in [0.29, 0.717) is 0 Å². The van der Waals surface area contributed by atoms with Gasteiger partial charge >= 0.3 is 0 Å². The van der Waals surface area contributed by atoms with Crippen LogP contribution in [-0.4, -0.2) is 33.0 Å². The molecule has 0 radical (unpaired) electrons. The minimum atomic E-state index is -3.83. The zero-order valence-corrected chi connectivity index (χ0v) is 12.5. The predicted molar refractivity (Wildman–Crippen MR) is 75.7 cm³/mol. The summed E-state index contributed by atoms with van der Waals surface area (Å²) in [4.78, 5) is 9.83. The molecular weight excluding hydrogens is 310 g/mol. The van der Waals surface area contributed by atoms with E-state index in [1.165, 1.54) is 7.11 Å². The van der Waals surface area contributed by atoms with Gasteiger partial charge in [-0.25, -0.2) is 13.1 Å². The molecule has 0 amide bonds. The van der Waals surface area contributed by atoms with Crippen molar-refractivity contribution in [2.45, 2.75) is 17.9 Å². The number of nitrogens with zero attached hydrogens (tertiary/aromatic N) is 1. The first-order valence-corrected chi connectivity index (χ1v) is 6.85. The lowest BCUT2D eigenvalue weighted by atomic mass is 10.3. The smallest absolute Gasteiger partial charge is 0.273 e. The van der Waals surface area contributed by atoms with Gasteiger partial charge in [-0.15, -0.1) is 12.4 Å². The highest BCUT2D eigenvalue weighted by Gasteiger charge is 2.23. The summed E-state index contributed by atoms with van der Waals surface area (Å²) >= 11 is 0. The molecule has 1 atom stereocenters. The second-order valence-corrected chi connectivity index (χ2v) is 5.53. The highest BCUT2D eigenvalue weighted by atomic mass is 35.5. The van der Waals surface area contributed by atoms with Crippen molar-refractivity contribution in [3.05, 3.63) is 28.3 Å². The number of nitro groups is 1. The number of hydrogen-bond acceptors (Lipinski definition) is 6. The van der Waals surface area contributed by atoms with Crippen LogP contribution in [0.5, 0.6) is 5.75 Å². The molecule has 3 N–H and O–H groups in total. The van der Waals surface area contributed by atoms with Gasteiger partial charge < -0.3 is 10.5 Å². The molecule has 0 bridgehead atoms. The van der Waals surface area contributed by atoms with Crippen LogP contribution in [0.15, 0.2) is 23.1 Å². The third-order valence-electron chi connectivity index (χ3n) is 2.36. The van der Waals surface area contributed by atoms with Crippen molar-refractivity contribution in [3.8, 4) is 5.75 Å². The van der Waals surface area contributed by atoms with Gasteiger partial charge in [0.1, 0.15) is 10.6 Å². The van der Waals surface area contributed by atoms with Gasteiger partial charge in [0.15, 0.2) is 0 Å². The van der Waals surface area contributed by atoms with Gasteiger partial charge in [-0.2, -0.15) is 0 Å². The fourth-order valence-corrected chi connectivity index (χ4v) is 2.78. The number of benzene rings is 1. The van der Waals surface area contributed by atoms with Crippen LogP contribution in [-0.2, 0) is 10.0 Å². The van der Waals surface area contributed by atoms with Crippen molar-refractivity contribution in [3.63, 3.8) is 0 Å². The number of nitro benzene ring substituents is 1. The minimum Gasteiger partial charge on any atom is -0.495 e. The van der Waals surface area contributed by atoms with E-state index in [4.69, 9.17) is 10.5 Å². The zero-order chi connectivity index (χ0) is 14.6. The highest BCUT2D eigenvalue weighted by Crippen LogP contribution is 2.28. The van der Waals surface area contributed by atoms with E-state index in [9.17, 15) is 18.5 Å². The number of ether oxygens (including phenoxy) is 1. The fraction of sp³-hybridized carbons (Fsp3) is 0.400. The molecule has 0 saturated heterocycles. The standard InChI is InChI=1S/C10H15N3O5S.ClH/c1-7(6-11)12-19(16,17)10-4-3-8(13(14)15)5-9(10)18-2;/h3-5,7,12H,6,11H2,1-2H3;1H/t7-;/m0./s1. The fourth-order valence-electron chi connectivity index (χ4n) is 1.37. The van der Waals surface area contributed by atoms with Crippen LogP contribution < -0.4 is 15.2 Å². The first-order valence-electron chi connectivity index (χ1n) is 5.36. The number of nitrogens with two attached hydrogens (primary N) is 1. The molecule has 1 aromatic carbocycles. The number of sulfonamides is 1. The van der Waals surface area contributed by atoms with Gasteiger partial charge in [0.05, 0.1) is 18.1 Å². The lowest BCUT2D eigenvalue weighted by molar-refractivity contribution is -0.385. The Morgan fingerprint density at radius 3 is 2.55 bits per heavy atom. The van der Waals surface area contributed by atoms with E-state index in [1.54, 1.807) is 6.92 Å². The summed E-state index contributed by atoms with van der Waals surface area (Å²) in [5.74, 6) is -0.0917. The van der Waals surface area contributed by atoms with E-state index in [2.05, 4.69) is 4.72 Å². The maximum Gasteiger partial charge on any atom is 0.273 e. The Morgan fingerprint density at radius 1 is 1.50 bits per heavy atom. The summed E-state index contributed by atoms with van der Waals surface area (Å²) in [7, 11) is -2.59. The second kappa shape index (κ2) is 7.39. The van der Waals surface area contributed by atoms with Crippen molar-refractivity contribution >= 4 is 28.1 Å². The van der Waals surface area contributed by atoms with Crippen LogP contribution in [0, 0.1) is 10.1 Å². The number of nitrogens with one attached hydrogen (secondary N) is 1. The SMILES string of the molecule is COc1cc([N+](=O)[O-])ccc1S(=O)(=O)N[C@@H](C)CN.Cl. The Morgan fingerprint density at radius 2 is 2.10 bits per heavy atom. The van der Waals surface area contributed by atoms with Gasteiger partial charge in [-0.1, -0.05) is 0 Å². The first-order chi connectivity index (χ1) is 8.81. The van der Waals surface area contributed by atoms with Crippen LogP contribution in [0.25, 0.3) is 0 Å². The molecule has 8 nitrogen and oxygen atoms in total. The normalized spacial score (nSPS) is 12.3. The number of hydrogen-bond donors (Lipinski definition) is 2. The van der Waals surface area contributed by atoms with Crippen LogP contribution in [0.1, 0.15) is 6.92 Å². The predicted octanol–water partition coefficient (Wildman–Crippen LogP) is 0.651. The monoisotopic (exact) mass is 325 g/mol. The van der Waals surface area contributed by atoms with E-state index < -0.39 is 21.0 Å². The molecule has 20 heavy (non-hydrogen) atoms. The van der Waals surface area contributed by atoms with E-state index >= 15 is 0 Å². The van der Waals surface area contributed by atoms with E-state index in [-0.39, 0.29) is 35.3 Å². The van der Waals surface area contributed by atoms with Gasteiger partial charge in [-0.3, -0.25) is 10.1 Å². The van der Waals surface area contributed by atoms with Gasteiger partial charge in [0.25, 0.3) is 5.69 Å². The molecule has 0 aromatic heterocycles. The summed E-state index contributed by atoms with van der Waals surface area (Å²) in [5.41, 5.74) is 5.10. The maximum absolute atomic E-state index is 12.0. The molecule has 0 fully saturated rings. The third-order valence-corrected chi connectivity index (χ3v) is 3.99. The van der Waals surface area contributed by atoms with Crippen molar-refractivity contribution in [2.75, 3.05) is 13.7 Å². The topological polar surface area (TPSA) is 125 Å². The third kappa shape index (κ3) is 4.30. The van der Waals surface area contributed by atoms with E-state index in [0.717, 1.165) is 18.2 Å². The van der Waals surface area contributed by atoms with Crippen molar-refractivity contribution in [1.29, 1.82) is 0 Å². The minimum absolute atomic E-state index is 0. The number of halogens is 1. The zero-order valence-electron chi connectivity index (χ0n) is 10.9. The Bertz CT molecular complexity index is 578. The Balaban J connectivity index is 0.00000361. The number of methoxy groups -OCH3 is 1. The number of non-ortho nitro benzene ring substituents is 1. The molecule has 0 saturated carbocycles. The summed E-state index contributed by atoms with van der Waals surface area (Å²) in [6, 6.07) is 2.83. The second-order valence-electron chi connectivity index (χ2n) is 3.85. The van der Waals surface area contributed by atoms with Gasteiger partial charge in [0.2, 0.25) is 10.0 Å². The maximum atomic E-state index is 12.0. The summed E-state index contributed by atoms with van der Waals surface area (Å²) < 4.78 is 31.3. The van der Waals surface area contributed by atoms with Crippen LogP contribution in [0.2, 0.25) is 0 Å². The van der Waals surface area contributed by atoms with Crippen molar-refractivity contribution in [2.24, 2.45) is 5.73 Å². The number of rotatable bonds is 6. The molecule has 1 aromatic rings. The van der Waals surface area contributed by atoms with Crippen molar-refractivity contribution < 1.29 is 18.1 Å². The first kappa shape index (κ1) is 18.6. The van der Waals surface area contributed by atoms with Crippen LogP contribution in [0.4, 0.5) is 5.69 Å². The Kier molecular flexibility index (Phi) is 6.86.